The molecule has 0 N–H and O–H groups in total. The van der Waals surface area contributed by atoms with Gasteiger partial charge in [0.1, 0.15) is 6.73 Å². The first-order chi connectivity index (χ1) is 14.1. The molecule has 29 heavy (non-hydrogen) atoms. The van der Waals surface area contributed by atoms with E-state index in [4.69, 9.17) is 10.00 Å². The van der Waals surface area contributed by atoms with Gasteiger partial charge in [0.15, 0.2) is 0 Å². The number of hydrogen-bond donors (Lipinski definition) is 0. The van der Waals surface area contributed by atoms with Gasteiger partial charge in [0.2, 0.25) is 0 Å². The van der Waals surface area contributed by atoms with E-state index in [0.717, 1.165) is 26.2 Å². The molecular formula is C23H27N3O2S. The van der Waals surface area contributed by atoms with Crippen LogP contribution in [0.5, 0.6) is 0 Å². The quantitative estimate of drug-likeness (QED) is 0.633. The Balaban J connectivity index is 1.58. The van der Waals surface area contributed by atoms with E-state index in [2.05, 4.69) is 66.1 Å². The number of esters is 1. The van der Waals surface area contributed by atoms with Crippen molar-refractivity contribution in [2.45, 2.75) is 36.5 Å². The SMILES string of the molecule is Cc1ccc(Sc2ccccc2N2CCN(COC(=O)CCC#N)CC2)c(C)c1. The molecule has 0 amide bonds. The van der Waals surface area contributed by atoms with Gasteiger partial charge in [-0.3, -0.25) is 9.69 Å². The first-order valence-electron chi connectivity index (χ1n) is 9.91. The monoisotopic (exact) mass is 409 g/mol. The lowest BCUT2D eigenvalue weighted by molar-refractivity contribution is -0.148. The number of piperazine rings is 1. The van der Waals surface area contributed by atoms with Crippen molar-refractivity contribution in [2.24, 2.45) is 0 Å². The van der Waals surface area contributed by atoms with E-state index >= 15 is 0 Å². The van der Waals surface area contributed by atoms with Crippen molar-refractivity contribution >= 4 is 23.4 Å². The summed E-state index contributed by atoms with van der Waals surface area (Å²) in [5.41, 5.74) is 3.83. The summed E-state index contributed by atoms with van der Waals surface area (Å²) >= 11 is 1.81. The van der Waals surface area contributed by atoms with Crippen LogP contribution >= 0.6 is 11.8 Å². The number of rotatable bonds is 7. The van der Waals surface area contributed by atoms with Crippen molar-refractivity contribution in [3.05, 3.63) is 53.6 Å². The number of anilines is 1. The summed E-state index contributed by atoms with van der Waals surface area (Å²) < 4.78 is 5.26. The third kappa shape index (κ3) is 5.99. The highest BCUT2D eigenvalue weighted by atomic mass is 32.2. The van der Waals surface area contributed by atoms with Crippen LogP contribution in [-0.2, 0) is 9.53 Å². The first-order valence-corrected chi connectivity index (χ1v) is 10.7. The number of aryl methyl sites for hydroxylation is 2. The number of nitriles is 1. The molecule has 0 aromatic heterocycles. The lowest BCUT2D eigenvalue weighted by Crippen LogP contribution is -2.47. The molecule has 152 valence electrons. The summed E-state index contributed by atoms with van der Waals surface area (Å²) in [6.45, 7) is 8.05. The average Bonchev–Trinajstić information content (AvgIpc) is 2.73. The summed E-state index contributed by atoms with van der Waals surface area (Å²) in [6, 6.07) is 17.1. The predicted molar refractivity (Wildman–Crippen MR) is 116 cm³/mol. The lowest BCUT2D eigenvalue weighted by atomic mass is 10.2. The van der Waals surface area contributed by atoms with Crippen LogP contribution in [0.2, 0.25) is 0 Å². The van der Waals surface area contributed by atoms with Crippen LogP contribution in [0, 0.1) is 25.2 Å². The highest BCUT2D eigenvalue weighted by molar-refractivity contribution is 7.99. The fraction of sp³-hybridized carbons (Fsp3) is 0.391. The number of carbonyl (C=O) groups is 1. The molecule has 1 fully saturated rings. The van der Waals surface area contributed by atoms with Crippen LogP contribution in [-0.4, -0.2) is 43.8 Å². The van der Waals surface area contributed by atoms with Crippen LogP contribution in [0.15, 0.2) is 52.3 Å². The van der Waals surface area contributed by atoms with Gasteiger partial charge in [-0.15, -0.1) is 0 Å². The number of ether oxygens (including phenoxy) is 1. The maximum absolute atomic E-state index is 11.6. The predicted octanol–water partition coefficient (Wildman–Crippen LogP) is 4.38. The molecule has 0 bridgehead atoms. The molecule has 0 aliphatic carbocycles. The summed E-state index contributed by atoms with van der Waals surface area (Å²) in [5, 5.41) is 8.54. The number of nitrogens with zero attached hydrogens (tertiary/aromatic N) is 3. The summed E-state index contributed by atoms with van der Waals surface area (Å²) in [7, 11) is 0. The Morgan fingerprint density at radius 3 is 2.59 bits per heavy atom. The van der Waals surface area contributed by atoms with Crippen LogP contribution in [0.25, 0.3) is 0 Å². The van der Waals surface area contributed by atoms with Crippen LogP contribution in [0.1, 0.15) is 24.0 Å². The number of benzene rings is 2. The van der Waals surface area contributed by atoms with E-state index in [1.165, 1.54) is 26.6 Å². The van der Waals surface area contributed by atoms with Crippen LogP contribution in [0.3, 0.4) is 0 Å². The van der Waals surface area contributed by atoms with Gasteiger partial charge in [0.05, 0.1) is 18.2 Å². The Hall–Kier alpha value is -2.49. The van der Waals surface area contributed by atoms with E-state index in [1.807, 2.05) is 17.8 Å². The molecule has 0 radical (unpaired) electrons. The minimum absolute atomic E-state index is 0.166. The molecule has 6 heteroatoms. The Morgan fingerprint density at radius 2 is 1.86 bits per heavy atom. The second-order valence-electron chi connectivity index (χ2n) is 7.25. The first kappa shape index (κ1) is 21.2. The molecule has 0 saturated carbocycles. The van der Waals surface area contributed by atoms with Gasteiger partial charge in [0.25, 0.3) is 0 Å². The second-order valence-corrected chi connectivity index (χ2v) is 8.33. The van der Waals surface area contributed by atoms with Crippen molar-refractivity contribution in [3.8, 4) is 6.07 Å². The molecule has 1 aliphatic heterocycles. The molecule has 1 saturated heterocycles. The molecule has 0 unspecified atom stereocenters. The Labute approximate surface area is 177 Å². The summed E-state index contributed by atoms with van der Waals surface area (Å²) in [5.74, 6) is -0.302. The van der Waals surface area contributed by atoms with Crippen molar-refractivity contribution in [3.63, 3.8) is 0 Å². The third-order valence-electron chi connectivity index (χ3n) is 4.98. The zero-order valence-corrected chi connectivity index (χ0v) is 17.9. The normalized spacial score (nSPS) is 14.4. The fourth-order valence-electron chi connectivity index (χ4n) is 3.35. The maximum Gasteiger partial charge on any atom is 0.308 e. The topological polar surface area (TPSA) is 56.6 Å². The maximum atomic E-state index is 11.6. The summed E-state index contributed by atoms with van der Waals surface area (Å²) in [6.07, 6.45) is 0.376. The minimum atomic E-state index is -0.302. The molecule has 2 aromatic carbocycles. The van der Waals surface area contributed by atoms with Crippen molar-refractivity contribution in [1.29, 1.82) is 5.26 Å². The van der Waals surface area contributed by atoms with Gasteiger partial charge in [0, 0.05) is 42.4 Å². The van der Waals surface area contributed by atoms with E-state index in [1.54, 1.807) is 0 Å². The molecule has 5 nitrogen and oxygen atoms in total. The van der Waals surface area contributed by atoms with Crippen molar-refractivity contribution < 1.29 is 9.53 Å². The van der Waals surface area contributed by atoms with E-state index < -0.39 is 0 Å². The highest BCUT2D eigenvalue weighted by Gasteiger charge is 2.20. The molecule has 0 atom stereocenters. The number of hydrogen-bond acceptors (Lipinski definition) is 6. The Bertz CT molecular complexity index is 886. The Morgan fingerprint density at radius 1 is 1.10 bits per heavy atom. The standard InChI is InChI=1S/C23H27N3O2S/c1-18-9-10-21(19(2)16-18)29-22-7-4-3-6-20(22)26-14-12-25(13-15-26)17-28-23(27)8-5-11-24/h3-4,6-7,9-10,16H,5,8,12-15,17H2,1-2H3. The fourth-order valence-corrected chi connectivity index (χ4v) is 4.39. The van der Waals surface area contributed by atoms with Crippen molar-refractivity contribution in [2.75, 3.05) is 37.8 Å². The number of para-hydroxylation sites is 1. The van der Waals surface area contributed by atoms with E-state index in [-0.39, 0.29) is 18.8 Å². The van der Waals surface area contributed by atoms with Crippen molar-refractivity contribution in [1.82, 2.24) is 4.90 Å². The zero-order valence-electron chi connectivity index (χ0n) is 17.1. The number of carbonyl (C=O) groups excluding carboxylic acids is 1. The van der Waals surface area contributed by atoms with Gasteiger partial charge in [-0.2, -0.15) is 5.26 Å². The molecular weight excluding hydrogens is 382 g/mol. The molecule has 3 rings (SSSR count). The molecule has 1 heterocycles. The third-order valence-corrected chi connectivity index (χ3v) is 6.22. The van der Waals surface area contributed by atoms with Gasteiger partial charge in [-0.05, 0) is 37.6 Å². The molecule has 1 aliphatic rings. The average molecular weight is 410 g/mol. The van der Waals surface area contributed by atoms with Gasteiger partial charge < -0.3 is 9.64 Å². The molecule has 0 spiro atoms. The minimum Gasteiger partial charge on any atom is -0.449 e. The molecule has 2 aromatic rings. The van der Waals surface area contributed by atoms with Gasteiger partial charge in [-0.1, -0.05) is 41.6 Å². The highest BCUT2D eigenvalue weighted by Crippen LogP contribution is 2.37. The largest absolute Gasteiger partial charge is 0.449 e. The van der Waals surface area contributed by atoms with E-state index in [0.29, 0.717) is 6.73 Å². The zero-order chi connectivity index (χ0) is 20.6. The van der Waals surface area contributed by atoms with Gasteiger partial charge in [-0.25, -0.2) is 0 Å². The van der Waals surface area contributed by atoms with Crippen LogP contribution < -0.4 is 4.90 Å². The van der Waals surface area contributed by atoms with Crippen LogP contribution in [0.4, 0.5) is 5.69 Å². The van der Waals surface area contributed by atoms with E-state index in [9.17, 15) is 4.79 Å². The van der Waals surface area contributed by atoms with Gasteiger partial charge >= 0.3 is 5.97 Å². The smallest absolute Gasteiger partial charge is 0.308 e. The second kappa shape index (κ2) is 10.3. The lowest BCUT2D eigenvalue weighted by Gasteiger charge is -2.36. The summed E-state index contributed by atoms with van der Waals surface area (Å²) in [4.78, 5) is 18.7. The Kier molecular flexibility index (Phi) is 7.56.